The summed E-state index contributed by atoms with van der Waals surface area (Å²) in [7, 11) is 0. The Balaban J connectivity index is 1.92. The van der Waals surface area contributed by atoms with Crippen molar-refractivity contribution in [3.05, 3.63) is 12.7 Å². The molecule has 0 spiro atoms. The first kappa shape index (κ1) is 17.5. The molecule has 2 aromatic heterocycles. The van der Waals surface area contributed by atoms with Gasteiger partial charge in [-0.1, -0.05) is 0 Å². The van der Waals surface area contributed by atoms with Crippen LogP contribution in [0.25, 0.3) is 11.2 Å². The Morgan fingerprint density at radius 2 is 2.24 bits per heavy atom. The lowest BCUT2D eigenvalue weighted by molar-refractivity contribution is -0.117. The largest absolute Gasteiger partial charge is 0.394 e. The first-order chi connectivity index (χ1) is 11.9. The van der Waals surface area contributed by atoms with Gasteiger partial charge < -0.3 is 31.1 Å². The predicted molar refractivity (Wildman–Crippen MR) is 85.3 cm³/mol. The van der Waals surface area contributed by atoms with Crippen LogP contribution in [-0.4, -0.2) is 71.7 Å². The molecule has 0 aliphatic carbocycles. The SMILES string of the molecule is C[C@@]1(O)[C@H](O)[C@@H](CO)O[C@H]1n1cnc2c(NCCC(N)=O)ncnc21. The van der Waals surface area contributed by atoms with Gasteiger partial charge in [-0.15, -0.1) is 0 Å². The van der Waals surface area contributed by atoms with Crippen molar-refractivity contribution in [1.29, 1.82) is 0 Å². The Morgan fingerprint density at radius 3 is 2.88 bits per heavy atom. The molecular weight excluding hydrogens is 332 g/mol. The minimum atomic E-state index is -1.65. The first-order valence-corrected chi connectivity index (χ1v) is 7.72. The summed E-state index contributed by atoms with van der Waals surface area (Å²) in [6.45, 7) is 1.27. The molecule has 11 nitrogen and oxygen atoms in total. The molecule has 0 saturated carbocycles. The number of ether oxygens (including phenoxy) is 1. The summed E-state index contributed by atoms with van der Waals surface area (Å²) in [6, 6.07) is 0. The second-order valence-electron chi connectivity index (χ2n) is 6.07. The molecule has 4 atom stereocenters. The molecule has 1 fully saturated rings. The Kier molecular flexibility index (Phi) is 4.56. The molecule has 1 amide bonds. The number of carbonyl (C=O) groups excluding carboxylic acids is 1. The zero-order chi connectivity index (χ0) is 18.2. The quantitative estimate of drug-likeness (QED) is 0.399. The number of imidazole rings is 1. The molecule has 1 aliphatic rings. The molecule has 136 valence electrons. The van der Waals surface area contributed by atoms with Crippen LogP contribution in [0, 0.1) is 0 Å². The van der Waals surface area contributed by atoms with E-state index in [9.17, 15) is 20.1 Å². The summed E-state index contributed by atoms with van der Waals surface area (Å²) < 4.78 is 7.04. The molecule has 6 N–H and O–H groups in total. The number of carbonyl (C=O) groups is 1. The highest BCUT2D eigenvalue weighted by atomic mass is 16.6. The van der Waals surface area contributed by atoms with Crippen LogP contribution >= 0.6 is 0 Å². The van der Waals surface area contributed by atoms with E-state index in [-0.39, 0.29) is 13.0 Å². The van der Waals surface area contributed by atoms with Crippen molar-refractivity contribution in [2.45, 2.75) is 37.4 Å². The van der Waals surface area contributed by atoms with E-state index in [1.165, 1.54) is 24.1 Å². The average Bonchev–Trinajstić information content (AvgIpc) is 3.08. The lowest BCUT2D eigenvalue weighted by atomic mass is 9.96. The summed E-state index contributed by atoms with van der Waals surface area (Å²) in [5.74, 6) is -0.0374. The summed E-state index contributed by atoms with van der Waals surface area (Å²) >= 11 is 0. The van der Waals surface area contributed by atoms with E-state index in [0.29, 0.717) is 17.0 Å². The zero-order valence-electron chi connectivity index (χ0n) is 13.5. The van der Waals surface area contributed by atoms with E-state index >= 15 is 0 Å². The van der Waals surface area contributed by atoms with Gasteiger partial charge in [-0.2, -0.15) is 0 Å². The summed E-state index contributed by atoms with van der Waals surface area (Å²) in [5.41, 5.74) is 4.24. The monoisotopic (exact) mass is 352 g/mol. The van der Waals surface area contributed by atoms with Crippen molar-refractivity contribution in [2.24, 2.45) is 5.73 Å². The van der Waals surface area contributed by atoms with Gasteiger partial charge in [0.05, 0.1) is 12.9 Å². The van der Waals surface area contributed by atoms with Crippen LogP contribution in [-0.2, 0) is 9.53 Å². The number of aromatic nitrogens is 4. The molecule has 0 bridgehead atoms. The van der Waals surface area contributed by atoms with Crippen LogP contribution < -0.4 is 11.1 Å². The van der Waals surface area contributed by atoms with E-state index in [2.05, 4.69) is 20.3 Å². The molecule has 0 unspecified atom stereocenters. The van der Waals surface area contributed by atoms with Gasteiger partial charge in [0.2, 0.25) is 5.91 Å². The smallest absolute Gasteiger partial charge is 0.219 e. The van der Waals surface area contributed by atoms with E-state index in [1.54, 1.807) is 0 Å². The number of nitrogens with two attached hydrogens (primary N) is 1. The van der Waals surface area contributed by atoms with Crippen molar-refractivity contribution in [1.82, 2.24) is 19.5 Å². The number of aliphatic hydroxyl groups excluding tert-OH is 2. The second-order valence-corrected chi connectivity index (χ2v) is 6.07. The van der Waals surface area contributed by atoms with E-state index in [4.69, 9.17) is 10.5 Å². The molecule has 0 radical (unpaired) electrons. The molecule has 3 heterocycles. The number of hydrogen-bond acceptors (Lipinski definition) is 9. The van der Waals surface area contributed by atoms with E-state index < -0.39 is 36.6 Å². The molecular formula is C14H20N6O5. The van der Waals surface area contributed by atoms with Crippen molar-refractivity contribution in [3.8, 4) is 0 Å². The highest BCUT2D eigenvalue weighted by molar-refractivity contribution is 5.83. The third-order valence-electron chi connectivity index (χ3n) is 4.21. The van der Waals surface area contributed by atoms with Gasteiger partial charge in [0.15, 0.2) is 23.2 Å². The van der Waals surface area contributed by atoms with Crippen LogP contribution in [0.15, 0.2) is 12.7 Å². The van der Waals surface area contributed by atoms with Gasteiger partial charge in [-0.05, 0) is 6.92 Å². The van der Waals surface area contributed by atoms with Gasteiger partial charge in [-0.3, -0.25) is 9.36 Å². The fourth-order valence-corrected chi connectivity index (χ4v) is 2.85. The second kappa shape index (κ2) is 6.52. The van der Waals surface area contributed by atoms with Gasteiger partial charge in [-0.25, -0.2) is 15.0 Å². The van der Waals surface area contributed by atoms with Crippen LogP contribution in [0.5, 0.6) is 0 Å². The third kappa shape index (κ3) is 3.02. The number of nitrogens with zero attached hydrogens (tertiary/aromatic N) is 4. The normalized spacial score (nSPS) is 29.2. The number of nitrogens with one attached hydrogen (secondary N) is 1. The van der Waals surface area contributed by atoms with Crippen LogP contribution in [0.2, 0.25) is 0 Å². The average molecular weight is 352 g/mol. The number of hydrogen-bond donors (Lipinski definition) is 5. The van der Waals surface area contributed by atoms with Crippen molar-refractivity contribution in [3.63, 3.8) is 0 Å². The highest BCUT2D eigenvalue weighted by Crippen LogP contribution is 2.39. The molecule has 11 heteroatoms. The zero-order valence-corrected chi connectivity index (χ0v) is 13.5. The lowest BCUT2D eigenvalue weighted by Crippen LogP contribution is -2.44. The molecule has 3 rings (SSSR count). The minimum absolute atomic E-state index is 0.136. The Morgan fingerprint density at radius 1 is 1.48 bits per heavy atom. The van der Waals surface area contributed by atoms with Gasteiger partial charge >= 0.3 is 0 Å². The third-order valence-corrected chi connectivity index (χ3v) is 4.21. The maximum absolute atomic E-state index is 10.8. The minimum Gasteiger partial charge on any atom is -0.394 e. The summed E-state index contributed by atoms with van der Waals surface area (Å²) in [5, 5.41) is 32.9. The Labute approximate surface area is 142 Å². The highest BCUT2D eigenvalue weighted by Gasteiger charge is 2.53. The van der Waals surface area contributed by atoms with Crippen molar-refractivity contribution >= 4 is 22.9 Å². The first-order valence-electron chi connectivity index (χ1n) is 7.72. The number of amides is 1. The summed E-state index contributed by atoms with van der Waals surface area (Å²) in [6.07, 6.45) is -0.335. The van der Waals surface area contributed by atoms with Gasteiger partial charge in [0.1, 0.15) is 24.1 Å². The maximum atomic E-state index is 10.8. The van der Waals surface area contributed by atoms with E-state index in [1.807, 2.05) is 0 Å². The Hall–Kier alpha value is -2.34. The molecule has 1 saturated heterocycles. The number of aliphatic hydroxyl groups is 3. The standard InChI is InChI=1S/C14H20N6O5/c1-14(24)10(23)7(4-21)25-13(14)20-6-19-9-11(16-3-2-8(15)22)17-5-18-12(9)20/h5-7,10,13,21,23-24H,2-4H2,1H3,(H2,15,22)(H,16,17,18)/t7-,10-,13-,14-/m1/s1. The summed E-state index contributed by atoms with van der Waals surface area (Å²) in [4.78, 5) is 23.3. The molecule has 2 aromatic rings. The van der Waals surface area contributed by atoms with Crippen LogP contribution in [0.1, 0.15) is 19.6 Å². The molecule has 25 heavy (non-hydrogen) atoms. The van der Waals surface area contributed by atoms with Crippen molar-refractivity contribution in [2.75, 3.05) is 18.5 Å². The Bertz CT molecular complexity index is 778. The lowest BCUT2D eigenvalue weighted by Gasteiger charge is -2.27. The maximum Gasteiger partial charge on any atom is 0.219 e. The molecule has 1 aliphatic heterocycles. The van der Waals surface area contributed by atoms with Crippen molar-refractivity contribution < 1.29 is 24.9 Å². The fourth-order valence-electron chi connectivity index (χ4n) is 2.85. The predicted octanol–water partition coefficient (Wildman–Crippen LogP) is -1.88. The van der Waals surface area contributed by atoms with Crippen LogP contribution in [0.4, 0.5) is 5.82 Å². The number of anilines is 1. The molecule has 0 aromatic carbocycles. The number of fused-ring (bicyclic) bond motifs is 1. The van der Waals surface area contributed by atoms with Gasteiger partial charge in [0.25, 0.3) is 0 Å². The van der Waals surface area contributed by atoms with Crippen LogP contribution in [0.3, 0.4) is 0 Å². The number of rotatable bonds is 6. The van der Waals surface area contributed by atoms with Gasteiger partial charge in [0, 0.05) is 13.0 Å². The fraction of sp³-hybridized carbons (Fsp3) is 0.571. The van der Waals surface area contributed by atoms with E-state index in [0.717, 1.165) is 0 Å². The number of primary amides is 1. The topological polar surface area (TPSA) is 169 Å².